The van der Waals surface area contributed by atoms with E-state index in [0.29, 0.717) is 0 Å². The van der Waals surface area contributed by atoms with Gasteiger partial charge in [0.2, 0.25) is 11.8 Å². The number of carbonyl (C=O) groups excluding carboxylic acids is 2. The molecule has 0 bridgehead atoms. The molecule has 86 valence electrons. The lowest BCUT2D eigenvalue weighted by atomic mass is 10.3. The molecule has 0 aliphatic heterocycles. The summed E-state index contributed by atoms with van der Waals surface area (Å²) in [6, 6.07) is 8.68. The van der Waals surface area contributed by atoms with Crippen molar-refractivity contribution in [1.82, 2.24) is 5.32 Å². The molecular weight excluding hydrogens is 206 g/mol. The Labute approximate surface area is 94.0 Å². The molecule has 4 N–H and O–H groups in total. The minimum atomic E-state index is -0.648. The van der Waals surface area contributed by atoms with Gasteiger partial charge in [-0.25, -0.2) is 0 Å². The largest absolute Gasteiger partial charge is 0.376 e. The minimum Gasteiger partial charge on any atom is -0.376 e. The van der Waals surface area contributed by atoms with E-state index in [1.165, 1.54) is 0 Å². The first-order valence-electron chi connectivity index (χ1n) is 4.97. The molecule has 1 atom stereocenters. The second-order valence-corrected chi connectivity index (χ2v) is 3.41. The van der Waals surface area contributed by atoms with Crippen LogP contribution >= 0.6 is 0 Å². The summed E-state index contributed by atoms with van der Waals surface area (Å²) >= 11 is 0. The molecular formula is C11H15N3O2. The van der Waals surface area contributed by atoms with Crippen molar-refractivity contribution in [3.8, 4) is 0 Å². The van der Waals surface area contributed by atoms with Gasteiger partial charge in [0.1, 0.15) is 6.04 Å². The smallest absolute Gasteiger partial charge is 0.239 e. The van der Waals surface area contributed by atoms with Crippen LogP contribution in [0.1, 0.15) is 6.92 Å². The number of amides is 2. The Hall–Kier alpha value is -2.04. The van der Waals surface area contributed by atoms with E-state index in [2.05, 4.69) is 10.6 Å². The number of hydrogen-bond acceptors (Lipinski definition) is 3. The van der Waals surface area contributed by atoms with E-state index in [1.807, 2.05) is 30.3 Å². The molecule has 0 aliphatic carbocycles. The van der Waals surface area contributed by atoms with Crippen LogP contribution in [0, 0.1) is 0 Å². The highest BCUT2D eigenvalue weighted by Crippen LogP contribution is 2.03. The maximum atomic E-state index is 11.3. The SMILES string of the molecule is CC(NC(=O)CNc1ccccc1)C(N)=O. The van der Waals surface area contributed by atoms with Crippen LogP contribution in [-0.4, -0.2) is 24.4 Å². The van der Waals surface area contributed by atoms with E-state index >= 15 is 0 Å². The molecule has 0 saturated carbocycles. The van der Waals surface area contributed by atoms with Gasteiger partial charge in [0.05, 0.1) is 6.54 Å². The first-order valence-corrected chi connectivity index (χ1v) is 4.97. The van der Waals surface area contributed by atoms with E-state index in [9.17, 15) is 9.59 Å². The van der Waals surface area contributed by atoms with Crippen LogP contribution in [0.5, 0.6) is 0 Å². The van der Waals surface area contributed by atoms with Crippen molar-refractivity contribution in [3.63, 3.8) is 0 Å². The summed E-state index contributed by atoms with van der Waals surface area (Å²) in [5, 5.41) is 5.40. The van der Waals surface area contributed by atoms with Gasteiger partial charge >= 0.3 is 0 Å². The van der Waals surface area contributed by atoms with Crippen LogP contribution in [0.4, 0.5) is 5.69 Å². The van der Waals surface area contributed by atoms with Crippen molar-refractivity contribution in [2.75, 3.05) is 11.9 Å². The topological polar surface area (TPSA) is 84.2 Å². The Morgan fingerprint density at radius 3 is 2.50 bits per heavy atom. The molecule has 2 amide bonds. The monoisotopic (exact) mass is 221 g/mol. The number of hydrogen-bond donors (Lipinski definition) is 3. The van der Waals surface area contributed by atoms with E-state index in [1.54, 1.807) is 6.92 Å². The summed E-state index contributed by atoms with van der Waals surface area (Å²) in [6.45, 7) is 1.66. The molecule has 5 nitrogen and oxygen atoms in total. The van der Waals surface area contributed by atoms with E-state index in [0.717, 1.165) is 5.69 Å². The lowest BCUT2D eigenvalue weighted by Crippen LogP contribution is -2.44. The fraction of sp³-hybridized carbons (Fsp3) is 0.273. The third-order valence-corrected chi connectivity index (χ3v) is 2.03. The van der Waals surface area contributed by atoms with Crippen LogP contribution in [0.15, 0.2) is 30.3 Å². The van der Waals surface area contributed by atoms with E-state index in [4.69, 9.17) is 5.73 Å². The standard InChI is InChI=1S/C11H15N3O2/c1-8(11(12)16)14-10(15)7-13-9-5-3-2-4-6-9/h2-6,8,13H,7H2,1H3,(H2,12,16)(H,14,15). The highest BCUT2D eigenvalue weighted by atomic mass is 16.2. The van der Waals surface area contributed by atoms with Gasteiger partial charge in [-0.05, 0) is 19.1 Å². The molecule has 16 heavy (non-hydrogen) atoms. The fourth-order valence-corrected chi connectivity index (χ4v) is 1.10. The number of nitrogens with two attached hydrogens (primary N) is 1. The zero-order valence-electron chi connectivity index (χ0n) is 9.07. The highest BCUT2D eigenvalue weighted by molar-refractivity contribution is 5.88. The van der Waals surface area contributed by atoms with Gasteiger partial charge in [0.25, 0.3) is 0 Å². The summed E-state index contributed by atoms with van der Waals surface area (Å²) in [5.74, 6) is -0.816. The van der Waals surface area contributed by atoms with Gasteiger partial charge in [0, 0.05) is 5.69 Å². The summed E-state index contributed by atoms with van der Waals surface area (Å²) in [5.41, 5.74) is 5.87. The van der Waals surface area contributed by atoms with Crippen molar-refractivity contribution < 1.29 is 9.59 Å². The first-order chi connectivity index (χ1) is 7.59. The van der Waals surface area contributed by atoms with Crippen molar-refractivity contribution >= 4 is 17.5 Å². The molecule has 1 rings (SSSR count). The molecule has 1 aromatic rings. The average Bonchev–Trinajstić information content (AvgIpc) is 2.27. The van der Waals surface area contributed by atoms with Crippen LogP contribution in [0.25, 0.3) is 0 Å². The predicted octanol–water partition coefficient (Wildman–Crippen LogP) is 0.0885. The van der Waals surface area contributed by atoms with Crippen molar-refractivity contribution in [3.05, 3.63) is 30.3 Å². The Bertz CT molecular complexity index is 365. The van der Waals surface area contributed by atoms with Crippen LogP contribution in [0.2, 0.25) is 0 Å². The van der Waals surface area contributed by atoms with Gasteiger partial charge in [-0.2, -0.15) is 0 Å². The first kappa shape index (κ1) is 12.0. The predicted molar refractivity (Wildman–Crippen MR) is 61.7 cm³/mol. The number of rotatable bonds is 5. The second kappa shape index (κ2) is 5.75. The van der Waals surface area contributed by atoms with Crippen molar-refractivity contribution in [2.24, 2.45) is 5.73 Å². The Kier molecular flexibility index (Phi) is 4.32. The van der Waals surface area contributed by atoms with E-state index < -0.39 is 11.9 Å². The normalized spacial score (nSPS) is 11.6. The van der Waals surface area contributed by atoms with Gasteiger partial charge < -0.3 is 16.4 Å². The molecule has 0 saturated heterocycles. The number of carbonyl (C=O) groups is 2. The Morgan fingerprint density at radius 1 is 1.31 bits per heavy atom. The lowest BCUT2D eigenvalue weighted by Gasteiger charge is -2.11. The molecule has 0 fully saturated rings. The maximum absolute atomic E-state index is 11.3. The number of anilines is 1. The van der Waals surface area contributed by atoms with Gasteiger partial charge in [-0.1, -0.05) is 18.2 Å². The third-order valence-electron chi connectivity index (χ3n) is 2.03. The lowest BCUT2D eigenvalue weighted by molar-refractivity contribution is -0.126. The second-order valence-electron chi connectivity index (χ2n) is 3.41. The minimum absolute atomic E-state index is 0.113. The van der Waals surface area contributed by atoms with Gasteiger partial charge in [-0.3, -0.25) is 9.59 Å². The molecule has 0 spiro atoms. The van der Waals surface area contributed by atoms with Crippen LogP contribution in [-0.2, 0) is 9.59 Å². The Morgan fingerprint density at radius 2 is 1.94 bits per heavy atom. The van der Waals surface area contributed by atoms with Crippen molar-refractivity contribution in [1.29, 1.82) is 0 Å². The molecule has 1 aromatic carbocycles. The van der Waals surface area contributed by atoms with Crippen molar-refractivity contribution in [2.45, 2.75) is 13.0 Å². The van der Waals surface area contributed by atoms with E-state index in [-0.39, 0.29) is 12.5 Å². The van der Waals surface area contributed by atoms with Gasteiger partial charge in [-0.15, -0.1) is 0 Å². The molecule has 5 heteroatoms. The number of benzene rings is 1. The summed E-state index contributed by atoms with van der Waals surface area (Å²) in [4.78, 5) is 22.0. The number of nitrogens with one attached hydrogen (secondary N) is 2. The highest BCUT2D eigenvalue weighted by Gasteiger charge is 2.11. The summed E-state index contributed by atoms with van der Waals surface area (Å²) in [6.07, 6.45) is 0. The fourth-order valence-electron chi connectivity index (χ4n) is 1.10. The molecule has 0 aliphatic rings. The molecule has 0 radical (unpaired) electrons. The number of para-hydroxylation sites is 1. The van der Waals surface area contributed by atoms with Crippen LogP contribution in [0.3, 0.4) is 0 Å². The zero-order valence-corrected chi connectivity index (χ0v) is 9.07. The van der Waals surface area contributed by atoms with Crippen LogP contribution < -0.4 is 16.4 Å². The number of primary amides is 1. The quantitative estimate of drug-likeness (QED) is 0.658. The summed E-state index contributed by atoms with van der Waals surface area (Å²) in [7, 11) is 0. The maximum Gasteiger partial charge on any atom is 0.239 e. The summed E-state index contributed by atoms with van der Waals surface area (Å²) < 4.78 is 0. The molecule has 0 heterocycles. The third kappa shape index (κ3) is 4.00. The Balaban J connectivity index is 2.33. The molecule has 1 unspecified atom stereocenters. The molecule has 0 aromatic heterocycles. The zero-order chi connectivity index (χ0) is 12.0. The van der Waals surface area contributed by atoms with Gasteiger partial charge in [0.15, 0.2) is 0 Å². The average molecular weight is 221 g/mol.